The summed E-state index contributed by atoms with van der Waals surface area (Å²) in [6, 6.07) is 10.8. The summed E-state index contributed by atoms with van der Waals surface area (Å²) in [5.74, 6) is -0.398. The number of rotatable bonds is 5. The van der Waals surface area contributed by atoms with Gasteiger partial charge in [-0.05, 0) is 56.9 Å². The molecule has 1 aromatic heterocycles. The third-order valence-corrected chi connectivity index (χ3v) is 6.01. The zero-order valence-electron chi connectivity index (χ0n) is 17.5. The fourth-order valence-electron chi connectivity index (χ4n) is 4.15. The first-order valence-electron chi connectivity index (χ1n) is 10.5. The average Bonchev–Trinajstić information content (AvgIpc) is 3.13. The van der Waals surface area contributed by atoms with Gasteiger partial charge in [-0.25, -0.2) is 4.79 Å². The highest BCUT2D eigenvalue weighted by molar-refractivity contribution is 6.31. The fourth-order valence-corrected chi connectivity index (χ4v) is 4.38. The number of fused-ring (bicyclic) bond motifs is 1. The van der Waals surface area contributed by atoms with Gasteiger partial charge in [0.2, 0.25) is 0 Å². The van der Waals surface area contributed by atoms with E-state index in [0.29, 0.717) is 12.2 Å². The summed E-state index contributed by atoms with van der Waals surface area (Å²) in [6.07, 6.45) is -1.01. The quantitative estimate of drug-likeness (QED) is 0.416. The second-order valence-corrected chi connectivity index (χ2v) is 8.11. The van der Waals surface area contributed by atoms with Gasteiger partial charge in [-0.15, -0.1) is 0 Å². The van der Waals surface area contributed by atoms with Gasteiger partial charge in [-0.1, -0.05) is 29.8 Å². The molecule has 1 heterocycles. The largest absolute Gasteiger partial charge is 0.462 e. The van der Waals surface area contributed by atoms with Crippen LogP contribution < -0.4 is 0 Å². The molecular formula is C24H22ClF3N2O2. The second kappa shape index (κ2) is 8.98. The molecule has 1 aliphatic carbocycles. The van der Waals surface area contributed by atoms with Crippen molar-refractivity contribution in [3.63, 3.8) is 0 Å². The molecule has 3 aromatic rings. The number of esters is 1. The zero-order chi connectivity index (χ0) is 22.9. The number of benzene rings is 2. The summed E-state index contributed by atoms with van der Waals surface area (Å²) < 4.78 is 47.4. The number of ether oxygens (including phenoxy) is 1. The molecule has 8 heteroatoms. The molecule has 0 bridgehead atoms. The molecule has 0 radical (unpaired) electrons. The third kappa shape index (κ3) is 4.39. The van der Waals surface area contributed by atoms with Crippen molar-refractivity contribution in [1.82, 2.24) is 9.78 Å². The first kappa shape index (κ1) is 22.4. The van der Waals surface area contributed by atoms with E-state index >= 15 is 0 Å². The molecule has 1 aliphatic rings. The number of carbonyl (C=O) groups is 1. The Bertz CT molecular complexity index is 1140. The first-order chi connectivity index (χ1) is 15.3. The van der Waals surface area contributed by atoms with Crippen LogP contribution in [0.4, 0.5) is 13.2 Å². The Morgan fingerprint density at radius 2 is 1.84 bits per heavy atom. The normalized spacial score (nSPS) is 13.7. The standard InChI is InChI=1S/C24H22ClF3N2O2/c1-2-32-23(31)16-12-10-15(11-13-16)22-17-6-3-4-9-21(17)30(29-22)14-18-19(24(26,27)28)7-5-8-20(18)25/h5,7-8,10-13H,2-4,6,9,14H2,1H3. The van der Waals surface area contributed by atoms with Gasteiger partial charge in [0.15, 0.2) is 0 Å². The summed E-state index contributed by atoms with van der Waals surface area (Å²) in [5.41, 5.74) is 3.23. The van der Waals surface area contributed by atoms with Crippen molar-refractivity contribution >= 4 is 17.6 Å². The summed E-state index contributed by atoms with van der Waals surface area (Å²) >= 11 is 6.18. The van der Waals surface area contributed by atoms with Crippen LogP contribution in [0.2, 0.25) is 5.02 Å². The van der Waals surface area contributed by atoms with E-state index in [-0.39, 0.29) is 17.1 Å². The SMILES string of the molecule is CCOC(=O)c1ccc(-c2nn(Cc3c(Cl)cccc3C(F)(F)F)c3c2CCCC3)cc1. The van der Waals surface area contributed by atoms with E-state index in [0.717, 1.165) is 54.3 Å². The van der Waals surface area contributed by atoms with Crippen molar-refractivity contribution in [2.24, 2.45) is 0 Å². The lowest BCUT2D eigenvalue weighted by molar-refractivity contribution is -0.138. The summed E-state index contributed by atoms with van der Waals surface area (Å²) in [6.45, 7) is 1.98. The number of alkyl halides is 3. The van der Waals surface area contributed by atoms with Crippen LogP contribution in [0.5, 0.6) is 0 Å². The molecule has 4 rings (SSSR count). The lowest BCUT2D eigenvalue weighted by Gasteiger charge is -2.17. The lowest BCUT2D eigenvalue weighted by atomic mass is 9.93. The molecule has 0 unspecified atom stereocenters. The van der Waals surface area contributed by atoms with Crippen LogP contribution in [0.25, 0.3) is 11.3 Å². The Kier molecular flexibility index (Phi) is 6.29. The molecule has 4 nitrogen and oxygen atoms in total. The first-order valence-corrected chi connectivity index (χ1v) is 10.9. The van der Waals surface area contributed by atoms with Gasteiger partial charge >= 0.3 is 12.1 Å². The summed E-state index contributed by atoms with van der Waals surface area (Å²) in [7, 11) is 0. The van der Waals surface area contributed by atoms with E-state index in [2.05, 4.69) is 0 Å². The maximum absolute atomic E-state index is 13.6. The number of aromatic nitrogens is 2. The number of carbonyl (C=O) groups excluding carboxylic acids is 1. The summed E-state index contributed by atoms with van der Waals surface area (Å²) in [4.78, 5) is 11.9. The Morgan fingerprint density at radius 3 is 2.53 bits per heavy atom. The van der Waals surface area contributed by atoms with Crippen LogP contribution in [-0.4, -0.2) is 22.4 Å². The van der Waals surface area contributed by atoms with Crippen LogP contribution in [0, 0.1) is 0 Å². The van der Waals surface area contributed by atoms with Crippen LogP contribution in [-0.2, 0) is 30.3 Å². The highest BCUT2D eigenvalue weighted by Crippen LogP contribution is 2.37. The zero-order valence-corrected chi connectivity index (χ0v) is 18.3. The van der Waals surface area contributed by atoms with E-state index in [1.165, 1.54) is 12.1 Å². The van der Waals surface area contributed by atoms with Crippen molar-refractivity contribution in [3.8, 4) is 11.3 Å². The van der Waals surface area contributed by atoms with E-state index in [1.54, 1.807) is 35.9 Å². The smallest absolute Gasteiger partial charge is 0.416 e. The van der Waals surface area contributed by atoms with Crippen LogP contribution >= 0.6 is 11.6 Å². The lowest BCUT2D eigenvalue weighted by Crippen LogP contribution is -2.15. The van der Waals surface area contributed by atoms with Crippen LogP contribution in [0.3, 0.4) is 0 Å². The molecule has 0 saturated heterocycles. The van der Waals surface area contributed by atoms with E-state index in [9.17, 15) is 18.0 Å². The molecule has 168 valence electrons. The highest BCUT2D eigenvalue weighted by Gasteiger charge is 2.34. The van der Waals surface area contributed by atoms with Crippen molar-refractivity contribution in [3.05, 3.63) is 75.4 Å². The molecule has 2 aromatic carbocycles. The molecule has 0 N–H and O–H groups in total. The van der Waals surface area contributed by atoms with Gasteiger partial charge in [0.05, 0.1) is 30.0 Å². The van der Waals surface area contributed by atoms with Crippen molar-refractivity contribution < 1.29 is 22.7 Å². The van der Waals surface area contributed by atoms with E-state index in [4.69, 9.17) is 21.4 Å². The monoisotopic (exact) mass is 462 g/mol. The van der Waals surface area contributed by atoms with Crippen molar-refractivity contribution in [2.75, 3.05) is 6.61 Å². The van der Waals surface area contributed by atoms with Crippen LogP contribution in [0.15, 0.2) is 42.5 Å². The number of nitrogens with zero attached hydrogens (tertiary/aromatic N) is 2. The molecule has 0 atom stereocenters. The molecule has 0 spiro atoms. The van der Waals surface area contributed by atoms with Crippen molar-refractivity contribution in [2.45, 2.75) is 45.3 Å². The molecule has 32 heavy (non-hydrogen) atoms. The van der Waals surface area contributed by atoms with E-state index in [1.807, 2.05) is 0 Å². The van der Waals surface area contributed by atoms with Gasteiger partial charge in [-0.3, -0.25) is 4.68 Å². The Labute approximate surface area is 189 Å². The maximum atomic E-state index is 13.6. The summed E-state index contributed by atoms with van der Waals surface area (Å²) in [5, 5.41) is 4.78. The average molecular weight is 463 g/mol. The van der Waals surface area contributed by atoms with Gasteiger partial charge in [0.1, 0.15) is 0 Å². The van der Waals surface area contributed by atoms with Gasteiger partial charge in [-0.2, -0.15) is 18.3 Å². The van der Waals surface area contributed by atoms with Gasteiger partial charge in [0, 0.05) is 27.4 Å². The predicted octanol–water partition coefficient (Wildman–Crippen LogP) is 6.33. The molecular weight excluding hydrogens is 441 g/mol. The Morgan fingerprint density at radius 1 is 1.12 bits per heavy atom. The van der Waals surface area contributed by atoms with Gasteiger partial charge < -0.3 is 4.74 Å². The molecule has 0 fully saturated rings. The Balaban J connectivity index is 1.74. The topological polar surface area (TPSA) is 44.1 Å². The van der Waals surface area contributed by atoms with E-state index < -0.39 is 17.7 Å². The second-order valence-electron chi connectivity index (χ2n) is 7.70. The minimum absolute atomic E-state index is 0.0155. The third-order valence-electron chi connectivity index (χ3n) is 5.66. The fraction of sp³-hybridized carbons (Fsp3) is 0.333. The number of hydrogen-bond acceptors (Lipinski definition) is 3. The highest BCUT2D eigenvalue weighted by atomic mass is 35.5. The van der Waals surface area contributed by atoms with Crippen LogP contribution in [0.1, 0.15) is 52.5 Å². The maximum Gasteiger partial charge on any atom is 0.416 e. The minimum atomic E-state index is -4.50. The Hall–Kier alpha value is -2.80. The van der Waals surface area contributed by atoms with Crippen molar-refractivity contribution in [1.29, 1.82) is 0 Å². The minimum Gasteiger partial charge on any atom is -0.462 e. The molecule has 0 amide bonds. The molecule has 0 aliphatic heterocycles. The predicted molar refractivity (Wildman–Crippen MR) is 116 cm³/mol. The van der Waals surface area contributed by atoms with Gasteiger partial charge in [0.25, 0.3) is 0 Å². The molecule has 0 saturated carbocycles. The number of hydrogen-bond donors (Lipinski definition) is 0. The number of halogens is 4.